The van der Waals surface area contributed by atoms with Gasteiger partial charge in [-0.05, 0) is 40.5 Å². The van der Waals surface area contributed by atoms with Gasteiger partial charge in [-0.15, -0.1) is 0 Å². The first-order valence-electron chi connectivity index (χ1n) is 11.2. The van der Waals surface area contributed by atoms with Crippen LogP contribution in [0.1, 0.15) is 100 Å². The topological polar surface area (TPSA) is 0 Å². The van der Waals surface area contributed by atoms with Gasteiger partial charge in [0.05, 0.1) is 0 Å². The molecule has 0 heteroatoms. The molecule has 2 atom stereocenters. The van der Waals surface area contributed by atoms with E-state index in [-0.39, 0.29) is 7.43 Å². The lowest BCUT2D eigenvalue weighted by Gasteiger charge is -2.24. The molecule has 0 N–H and O–H groups in total. The molecule has 1 aromatic carbocycles. The zero-order valence-corrected chi connectivity index (χ0v) is 18.4. The molecule has 0 radical (unpaired) electrons. The lowest BCUT2D eigenvalue weighted by molar-refractivity contribution is 0.277. The maximum Gasteiger partial charge on any atom is -0.0151 e. The van der Waals surface area contributed by atoms with Crippen LogP contribution in [0.15, 0.2) is 24.3 Å². The third-order valence-corrected chi connectivity index (χ3v) is 4.89. The summed E-state index contributed by atoms with van der Waals surface area (Å²) in [5, 5.41) is 2.77. The van der Waals surface area contributed by atoms with Gasteiger partial charge in [0.1, 0.15) is 0 Å². The average molecular weight is 373 g/mol. The highest BCUT2D eigenvalue weighted by Crippen LogP contribution is 2.41. The van der Waals surface area contributed by atoms with Gasteiger partial charge >= 0.3 is 0 Å². The Bertz CT molecular complexity index is 522. The Kier molecular flexibility index (Phi) is 14.4. The summed E-state index contributed by atoms with van der Waals surface area (Å²) in [5.41, 5.74) is 0. The molecular formula is C27H48. The molecule has 156 valence electrons. The fourth-order valence-corrected chi connectivity index (χ4v) is 3.88. The van der Waals surface area contributed by atoms with Gasteiger partial charge < -0.3 is 0 Å². The maximum absolute atomic E-state index is 2.25. The molecule has 0 nitrogen and oxygen atoms in total. The van der Waals surface area contributed by atoms with Crippen LogP contribution in [0.4, 0.5) is 0 Å². The van der Waals surface area contributed by atoms with Crippen molar-refractivity contribution in [3.05, 3.63) is 34.7 Å². The number of hydrogen-bond donors (Lipinski definition) is 0. The molecule has 0 heterocycles. The van der Waals surface area contributed by atoms with Crippen LogP contribution in [0.25, 0.3) is 12.2 Å². The van der Waals surface area contributed by atoms with Gasteiger partial charge in [-0.2, -0.15) is 0 Å². The van der Waals surface area contributed by atoms with Crippen LogP contribution in [0.3, 0.4) is 0 Å². The Balaban J connectivity index is 0.000000357. The van der Waals surface area contributed by atoms with Crippen LogP contribution >= 0.6 is 0 Å². The summed E-state index contributed by atoms with van der Waals surface area (Å²) in [6.45, 7) is 13.0. The average Bonchev–Trinajstić information content (AvgIpc) is 3.23. The lowest BCUT2D eigenvalue weighted by atomic mass is 9.82. The molecule has 0 spiro atoms. The summed E-state index contributed by atoms with van der Waals surface area (Å²) >= 11 is 0. The lowest BCUT2D eigenvalue weighted by Crippen LogP contribution is -2.19. The zero-order valence-electron chi connectivity index (χ0n) is 18.4. The van der Waals surface area contributed by atoms with E-state index in [1.165, 1.54) is 41.5 Å². The van der Waals surface area contributed by atoms with Crippen LogP contribution < -0.4 is 10.4 Å². The van der Waals surface area contributed by atoms with E-state index in [0.29, 0.717) is 0 Å². The summed E-state index contributed by atoms with van der Waals surface area (Å²) in [6, 6.07) is 8.46. The smallest absolute Gasteiger partial charge is 0.0151 e. The molecule has 2 saturated carbocycles. The third-order valence-electron chi connectivity index (χ3n) is 4.89. The second-order valence-electron chi connectivity index (χ2n) is 9.47. The van der Waals surface area contributed by atoms with E-state index in [2.05, 4.69) is 78.0 Å². The highest BCUT2D eigenvalue weighted by Gasteiger charge is 2.28. The van der Waals surface area contributed by atoms with Gasteiger partial charge in [0.25, 0.3) is 0 Å². The van der Waals surface area contributed by atoms with Crippen molar-refractivity contribution < 1.29 is 0 Å². The SMILES string of the molecule is C.C1=c2ccccc2=CC1.C1CCC2CCCC2C1.CC(C)C.CC(C)C. The predicted molar refractivity (Wildman–Crippen MR) is 126 cm³/mol. The van der Waals surface area contributed by atoms with E-state index in [0.717, 1.165) is 18.3 Å². The summed E-state index contributed by atoms with van der Waals surface area (Å²) in [4.78, 5) is 0. The van der Waals surface area contributed by atoms with Crippen LogP contribution in [-0.2, 0) is 0 Å². The first-order chi connectivity index (χ1) is 12.4. The fraction of sp³-hybridized carbons (Fsp3) is 0.704. The second kappa shape index (κ2) is 14.9. The number of hydrogen-bond acceptors (Lipinski definition) is 0. The summed E-state index contributed by atoms with van der Waals surface area (Å²) in [7, 11) is 0. The standard InChI is InChI=1S/C9H16.C9H8.2C4H10.CH4/c2*1-2-5-9-7-3-6-8(9)4-1;2*1-4(2)3;/h8-9H,1-7H2;1-2,4-7H,3H2;2*4H,1-3H3;1H4. The van der Waals surface area contributed by atoms with Crippen LogP contribution in [0.5, 0.6) is 0 Å². The quantitative estimate of drug-likeness (QED) is 0.440. The van der Waals surface area contributed by atoms with Crippen molar-refractivity contribution in [2.45, 2.75) is 100 Å². The molecule has 27 heavy (non-hydrogen) atoms. The van der Waals surface area contributed by atoms with Gasteiger partial charge in [-0.25, -0.2) is 0 Å². The van der Waals surface area contributed by atoms with Crippen LogP contribution in [-0.4, -0.2) is 0 Å². The van der Waals surface area contributed by atoms with Crippen molar-refractivity contribution >= 4 is 12.2 Å². The van der Waals surface area contributed by atoms with Crippen molar-refractivity contribution in [3.63, 3.8) is 0 Å². The largest absolute Gasteiger partial charge is 0.0776 e. The summed E-state index contributed by atoms with van der Waals surface area (Å²) < 4.78 is 0. The highest BCUT2D eigenvalue weighted by molar-refractivity contribution is 5.45. The molecule has 0 bridgehead atoms. The zero-order chi connectivity index (χ0) is 19.4. The third kappa shape index (κ3) is 12.1. The molecule has 0 amide bonds. The van der Waals surface area contributed by atoms with Crippen molar-refractivity contribution in [2.75, 3.05) is 0 Å². The Morgan fingerprint density at radius 3 is 1.33 bits per heavy atom. The van der Waals surface area contributed by atoms with Crippen molar-refractivity contribution in [3.8, 4) is 0 Å². The minimum Gasteiger partial charge on any atom is -0.0776 e. The molecule has 4 rings (SSSR count). The molecule has 3 aliphatic rings. The molecule has 0 aliphatic heterocycles. The molecule has 2 fully saturated rings. The second-order valence-corrected chi connectivity index (χ2v) is 9.47. The van der Waals surface area contributed by atoms with E-state index in [1.807, 2.05) is 0 Å². The molecule has 3 aliphatic carbocycles. The van der Waals surface area contributed by atoms with Crippen molar-refractivity contribution in [2.24, 2.45) is 23.7 Å². The molecule has 0 aromatic heterocycles. The summed E-state index contributed by atoms with van der Waals surface area (Å²) in [6.07, 6.45) is 16.4. The molecule has 1 aromatic rings. The maximum atomic E-state index is 2.25. The first-order valence-corrected chi connectivity index (χ1v) is 11.2. The molecule has 0 saturated heterocycles. The van der Waals surface area contributed by atoms with Crippen molar-refractivity contribution in [1.82, 2.24) is 0 Å². The Hall–Kier alpha value is -1.04. The number of rotatable bonds is 0. The Labute approximate surface area is 171 Å². The van der Waals surface area contributed by atoms with E-state index >= 15 is 0 Å². The number of fused-ring (bicyclic) bond motifs is 2. The predicted octanol–water partition coefficient (Wildman–Crippen LogP) is 7.59. The van der Waals surface area contributed by atoms with E-state index in [1.54, 1.807) is 25.7 Å². The van der Waals surface area contributed by atoms with Crippen molar-refractivity contribution in [1.29, 1.82) is 0 Å². The minimum absolute atomic E-state index is 0. The van der Waals surface area contributed by atoms with Crippen LogP contribution in [0, 0.1) is 23.7 Å². The van der Waals surface area contributed by atoms with Gasteiger partial charge in [-0.3, -0.25) is 0 Å². The van der Waals surface area contributed by atoms with Gasteiger partial charge in [0, 0.05) is 0 Å². The van der Waals surface area contributed by atoms with Gasteiger partial charge in [0.15, 0.2) is 0 Å². The van der Waals surface area contributed by atoms with Gasteiger partial charge in [-0.1, -0.05) is 130 Å². The first kappa shape index (κ1) is 26.0. The van der Waals surface area contributed by atoms with E-state index in [4.69, 9.17) is 0 Å². The molecular weight excluding hydrogens is 324 g/mol. The van der Waals surface area contributed by atoms with Crippen LogP contribution in [0.2, 0.25) is 0 Å². The Morgan fingerprint density at radius 2 is 0.963 bits per heavy atom. The fourth-order valence-electron chi connectivity index (χ4n) is 3.88. The Morgan fingerprint density at radius 1 is 0.630 bits per heavy atom. The monoisotopic (exact) mass is 372 g/mol. The minimum atomic E-state index is 0. The number of benzene rings is 1. The summed E-state index contributed by atoms with van der Waals surface area (Å²) in [5.74, 6) is 4.00. The normalized spacial score (nSPS) is 21.5. The van der Waals surface area contributed by atoms with Gasteiger partial charge in [0.2, 0.25) is 0 Å². The van der Waals surface area contributed by atoms with E-state index in [9.17, 15) is 0 Å². The highest BCUT2D eigenvalue weighted by atomic mass is 14.3. The molecule has 2 unspecified atom stereocenters. The van der Waals surface area contributed by atoms with E-state index < -0.39 is 0 Å².